The van der Waals surface area contributed by atoms with E-state index in [1.165, 1.54) is 6.42 Å². The molecule has 0 aliphatic carbocycles. The zero-order valence-corrected chi connectivity index (χ0v) is 10.1. The first-order valence-electron chi connectivity index (χ1n) is 5.17. The van der Waals surface area contributed by atoms with E-state index in [2.05, 4.69) is 25.9 Å². The molecule has 0 spiro atoms. The summed E-state index contributed by atoms with van der Waals surface area (Å²) in [6.45, 7) is 0. The Balaban J connectivity index is 2.16. The van der Waals surface area contributed by atoms with Gasteiger partial charge in [-0.05, 0) is 31.4 Å². The Labute approximate surface area is 97.9 Å². The molecular weight excluding hydrogens is 252 g/mol. The first-order valence-corrected chi connectivity index (χ1v) is 6.29. The Bertz CT molecular complexity index is 442. The normalized spacial score (nSPS) is 10.7. The average Bonchev–Trinajstić information content (AvgIpc) is 2.29. The van der Waals surface area contributed by atoms with Crippen LogP contribution in [0.2, 0.25) is 0 Å². The maximum absolute atomic E-state index is 4.57. The number of unbranched alkanes of at least 4 members (excludes halogenated alkanes) is 1. The van der Waals surface area contributed by atoms with Gasteiger partial charge in [-0.3, -0.25) is 4.98 Å². The molecule has 0 saturated heterocycles. The van der Waals surface area contributed by atoms with E-state index in [1.807, 2.05) is 30.5 Å². The zero-order chi connectivity index (χ0) is 10.5. The molecular formula is C12H13BrN2. The summed E-state index contributed by atoms with van der Waals surface area (Å²) >= 11 is 3.43. The molecule has 1 aromatic carbocycles. The number of hydrogen-bond donors (Lipinski definition) is 0. The summed E-state index contributed by atoms with van der Waals surface area (Å²) in [7, 11) is 0. The van der Waals surface area contributed by atoms with Crippen molar-refractivity contribution in [2.45, 2.75) is 19.3 Å². The average molecular weight is 265 g/mol. The third-order valence-corrected chi connectivity index (χ3v) is 2.88. The Hall–Kier alpha value is -0.960. The number of alkyl halides is 1. The van der Waals surface area contributed by atoms with Gasteiger partial charge in [0.1, 0.15) is 0 Å². The predicted octanol–water partition coefficient (Wildman–Crippen LogP) is 3.35. The van der Waals surface area contributed by atoms with Gasteiger partial charge >= 0.3 is 0 Å². The minimum absolute atomic E-state index is 0.974. The van der Waals surface area contributed by atoms with Crippen LogP contribution in [0.1, 0.15) is 18.5 Å². The molecule has 1 heterocycles. The van der Waals surface area contributed by atoms with Crippen LogP contribution in [0.4, 0.5) is 0 Å². The van der Waals surface area contributed by atoms with Crippen LogP contribution in [-0.4, -0.2) is 15.3 Å². The molecule has 1 aromatic heterocycles. The number of fused-ring (bicyclic) bond motifs is 1. The monoisotopic (exact) mass is 264 g/mol. The molecule has 0 bridgehead atoms. The molecule has 0 aliphatic heterocycles. The molecule has 0 unspecified atom stereocenters. The summed E-state index contributed by atoms with van der Waals surface area (Å²) in [6.07, 6.45) is 5.26. The smallest absolute Gasteiger partial charge is 0.0890 e. The second kappa shape index (κ2) is 5.21. The largest absolute Gasteiger partial charge is 0.253 e. The fraction of sp³-hybridized carbons (Fsp3) is 0.333. The minimum atomic E-state index is 0.974. The van der Waals surface area contributed by atoms with Gasteiger partial charge in [-0.1, -0.05) is 28.1 Å². The highest BCUT2D eigenvalue weighted by Crippen LogP contribution is 2.10. The van der Waals surface area contributed by atoms with E-state index in [4.69, 9.17) is 0 Å². The van der Waals surface area contributed by atoms with Gasteiger partial charge in [0.05, 0.1) is 16.7 Å². The molecule has 0 amide bonds. The summed E-state index contributed by atoms with van der Waals surface area (Å²) < 4.78 is 0. The van der Waals surface area contributed by atoms with Gasteiger partial charge in [0.2, 0.25) is 0 Å². The van der Waals surface area contributed by atoms with Crippen molar-refractivity contribution in [2.24, 2.45) is 0 Å². The Kier molecular flexibility index (Phi) is 3.67. The highest BCUT2D eigenvalue weighted by Gasteiger charge is 1.98. The number of para-hydroxylation sites is 2. The summed E-state index contributed by atoms with van der Waals surface area (Å²) in [5, 5.41) is 1.06. The Morgan fingerprint density at radius 2 is 1.87 bits per heavy atom. The van der Waals surface area contributed by atoms with Crippen LogP contribution in [0.5, 0.6) is 0 Å². The van der Waals surface area contributed by atoms with E-state index in [9.17, 15) is 0 Å². The number of nitrogens with zero attached hydrogens (tertiary/aromatic N) is 2. The summed E-state index contributed by atoms with van der Waals surface area (Å²) in [5.74, 6) is 0. The molecule has 0 aliphatic rings. The Morgan fingerprint density at radius 1 is 1.07 bits per heavy atom. The fourth-order valence-electron chi connectivity index (χ4n) is 1.52. The van der Waals surface area contributed by atoms with Gasteiger partial charge in [-0.2, -0.15) is 0 Å². The van der Waals surface area contributed by atoms with Crippen molar-refractivity contribution in [3.05, 3.63) is 36.2 Å². The molecule has 0 saturated carbocycles. The minimum Gasteiger partial charge on any atom is -0.253 e. The molecule has 78 valence electrons. The number of halogens is 1. The van der Waals surface area contributed by atoms with Crippen molar-refractivity contribution in [1.82, 2.24) is 9.97 Å². The van der Waals surface area contributed by atoms with Crippen LogP contribution in [0.3, 0.4) is 0 Å². The molecule has 3 heteroatoms. The van der Waals surface area contributed by atoms with Gasteiger partial charge in [0, 0.05) is 11.5 Å². The lowest BCUT2D eigenvalue weighted by Gasteiger charge is -2.01. The molecule has 2 nitrogen and oxygen atoms in total. The van der Waals surface area contributed by atoms with Crippen molar-refractivity contribution in [3.63, 3.8) is 0 Å². The molecule has 0 fully saturated rings. The standard InChI is InChI=1S/C12H13BrN2/c13-8-4-3-5-10-9-14-11-6-1-2-7-12(11)15-10/h1-2,6-7,9H,3-5,8H2. The van der Waals surface area contributed by atoms with Crippen molar-refractivity contribution in [2.75, 3.05) is 5.33 Å². The predicted molar refractivity (Wildman–Crippen MR) is 66.3 cm³/mol. The van der Waals surface area contributed by atoms with Crippen LogP contribution in [0, 0.1) is 0 Å². The van der Waals surface area contributed by atoms with E-state index < -0.39 is 0 Å². The van der Waals surface area contributed by atoms with E-state index >= 15 is 0 Å². The fourth-order valence-corrected chi connectivity index (χ4v) is 1.91. The lowest BCUT2D eigenvalue weighted by Crippen LogP contribution is -1.93. The molecule has 0 N–H and O–H groups in total. The zero-order valence-electron chi connectivity index (χ0n) is 8.49. The molecule has 2 aromatic rings. The van der Waals surface area contributed by atoms with Crippen molar-refractivity contribution < 1.29 is 0 Å². The van der Waals surface area contributed by atoms with Crippen LogP contribution in [0.25, 0.3) is 11.0 Å². The maximum Gasteiger partial charge on any atom is 0.0890 e. The number of hydrogen-bond acceptors (Lipinski definition) is 2. The van der Waals surface area contributed by atoms with Crippen LogP contribution in [-0.2, 0) is 6.42 Å². The van der Waals surface area contributed by atoms with E-state index in [0.717, 1.165) is 34.9 Å². The van der Waals surface area contributed by atoms with Crippen LogP contribution in [0.15, 0.2) is 30.5 Å². The summed E-state index contributed by atoms with van der Waals surface area (Å²) in [5.41, 5.74) is 3.06. The first-order chi connectivity index (χ1) is 7.40. The lowest BCUT2D eigenvalue weighted by atomic mass is 10.2. The lowest BCUT2D eigenvalue weighted by molar-refractivity contribution is 0.786. The topological polar surface area (TPSA) is 25.8 Å². The van der Waals surface area contributed by atoms with Gasteiger partial charge in [0.15, 0.2) is 0 Å². The molecule has 15 heavy (non-hydrogen) atoms. The van der Waals surface area contributed by atoms with Crippen LogP contribution < -0.4 is 0 Å². The summed E-state index contributed by atoms with van der Waals surface area (Å²) in [4.78, 5) is 8.95. The second-order valence-corrected chi connectivity index (χ2v) is 4.29. The van der Waals surface area contributed by atoms with Crippen molar-refractivity contribution in [1.29, 1.82) is 0 Å². The maximum atomic E-state index is 4.57. The SMILES string of the molecule is BrCCCCc1cnc2ccccc2n1. The van der Waals surface area contributed by atoms with Crippen molar-refractivity contribution >= 4 is 27.0 Å². The number of rotatable bonds is 4. The third-order valence-electron chi connectivity index (χ3n) is 2.31. The van der Waals surface area contributed by atoms with Crippen LogP contribution >= 0.6 is 15.9 Å². The quantitative estimate of drug-likeness (QED) is 0.625. The third kappa shape index (κ3) is 2.75. The van der Waals surface area contributed by atoms with E-state index in [0.29, 0.717) is 0 Å². The van der Waals surface area contributed by atoms with Gasteiger partial charge in [0.25, 0.3) is 0 Å². The van der Waals surface area contributed by atoms with E-state index in [-0.39, 0.29) is 0 Å². The molecule has 2 rings (SSSR count). The highest BCUT2D eigenvalue weighted by molar-refractivity contribution is 9.09. The highest BCUT2D eigenvalue weighted by atomic mass is 79.9. The molecule has 0 radical (unpaired) electrons. The second-order valence-electron chi connectivity index (χ2n) is 3.50. The van der Waals surface area contributed by atoms with Crippen molar-refractivity contribution in [3.8, 4) is 0 Å². The number of aryl methyl sites for hydroxylation is 1. The number of aromatic nitrogens is 2. The molecule has 0 atom stereocenters. The Morgan fingerprint density at radius 3 is 2.67 bits per heavy atom. The van der Waals surface area contributed by atoms with Gasteiger partial charge in [-0.15, -0.1) is 0 Å². The van der Waals surface area contributed by atoms with Gasteiger partial charge in [-0.25, -0.2) is 4.98 Å². The first kappa shape index (κ1) is 10.6. The summed E-state index contributed by atoms with van der Waals surface area (Å²) in [6, 6.07) is 7.99. The van der Waals surface area contributed by atoms with E-state index in [1.54, 1.807) is 0 Å². The van der Waals surface area contributed by atoms with Gasteiger partial charge < -0.3 is 0 Å². The number of benzene rings is 1.